The highest BCUT2D eigenvalue weighted by atomic mass is 16.5. The van der Waals surface area contributed by atoms with Gasteiger partial charge in [0.15, 0.2) is 0 Å². The Bertz CT molecular complexity index is 73.9. The minimum absolute atomic E-state index is 0.238. The van der Waals surface area contributed by atoms with Gasteiger partial charge in [-0.1, -0.05) is 26.2 Å². The maximum absolute atomic E-state index is 8.51. The summed E-state index contributed by atoms with van der Waals surface area (Å²) in [5.41, 5.74) is 0. The SMILES string of the molecule is CCCCCC(C)OCCCO. The van der Waals surface area contributed by atoms with Crippen LogP contribution in [0.4, 0.5) is 0 Å². The highest BCUT2D eigenvalue weighted by Crippen LogP contribution is 2.06. The van der Waals surface area contributed by atoms with Gasteiger partial charge in [-0.05, 0) is 19.8 Å². The van der Waals surface area contributed by atoms with E-state index in [1.54, 1.807) is 0 Å². The largest absolute Gasteiger partial charge is 0.396 e. The zero-order valence-corrected chi connectivity index (χ0v) is 8.38. The topological polar surface area (TPSA) is 29.5 Å². The maximum atomic E-state index is 8.51. The Labute approximate surface area is 75.9 Å². The van der Waals surface area contributed by atoms with Gasteiger partial charge in [-0.3, -0.25) is 0 Å². The highest BCUT2D eigenvalue weighted by molar-refractivity contribution is 4.50. The molecule has 0 rings (SSSR count). The molecule has 0 aromatic carbocycles. The smallest absolute Gasteiger partial charge is 0.0547 e. The fourth-order valence-electron chi connectivity index (χ4n) is 1.11. The summed E-state index contributed by atoms with van der Waals surface area (Å²) in [7, 11) is 0. The minimum atomic E-state index is 0.238. The molecule has 2 nitrogen and oxygen atoms in total. The van der Waals surface area contributed by atoms with Crippen LogP contribution >= 0.6 is 0 Å². The molecule has 74 valence electrons. The van der Waals surface area contributed by atoms with Crippen molar-refractivity contribution >= 4 is 0 Å². The second-order valence-corrected chi connectivity index (χ2v) is 3.25. The molecule has 0 aliphatic heterocycles. The molecule has 12 heavy (non-hydrogen) atoms. The average Bonchev–Trinajstić information content (AvgIpc) is 2.06. The quantitative estimate of drug-likeness (QED) is 0.572. The lowest BCUT2D eigenvalue weighted by Crippen LogP contribution is -2.09. The fraction of sp³-hybridized carbons (Fsp3) is 1.00. The maximum Gasteiger partial charge on any atom is 0.0547 e. The van der Waals surface area contributed by atoms with Crippen molar-refractivity contribution in [2.45, 2.75) is 52.1 Å². The molecular formula is C10H22O2. The summed E-state index contributed by atoms with van der Waals surface area (Å²) in [6.07, 6.45) is 6.11. The summed E-state index contributed by atoms with van der Waals surface area (Å²) in [4.78, 5) is 0. The van der Waals surface area contributed by atoms with Crippen LogP contribution in [0, 0.1) is 0 Å². The second kappa shape index (κ2) is 9.01. The number of aliphatic hydroxyl groups excluding tert-OH is 1. The van der Waals surface area contributed by atoms with Gasteiger partial charge in [0.25, 0.3) is 0 Å². The second-order valence-electron chi connectivity index (χ2n) is 3.25. The van der Waals surface area contributed by atoms with Gasteiger partial charge in [0.05, 0.1) is 6.10 Å². The van der Waals surface area contributed by atoms with E-state index in [0.29, 0.717) is 12.7 Å². The Balaban J connectivity index is 3.04. The number of ether oxygens (including phenoxy) is 1. The van der Waals surface area contributed by atoms with E-state index in [1.165, 1.54) is 19.3 Å². The van der Waals surface area contributed by atoms with E-state index in [-0.39, 0.29) is 6.61 Å². The molecule has 0 aromatic heterocycles. The lowest BCUT2D eigenvalue weighted by atomic mass is 10.1. The van der Waals surface area contributed by atoms with Crippen molar-refractivity contribution in [3.8, 4) is 0 Å². The minimum Gasteiger partial charge on any atom is -0.396 e. The Hall–Kier alpha value is -0.0800. The van der Waals surface area contributed by atoms with Crippen molar-refractivity contribution in [3.63, 3.8) is 0 Å². The Morgan fingerprint density at radius 3 is 2.58 bits per heavy atom. The summed E-state index contributed by atoms with van der Waals surface area (Å²) in [6.45, 7) is 5.25. The molecule has 0 aromatic rings. The van der Waals surface area contributed by atoms with Crippen LogP contribution in [-0.2, 0) is 4.74 Å². The molecule has 0 radical (unpaired) electrons. The highest BCUT2D eigenvalue weighted by Gasteiger charge is 2.00. The van der Waals surface area contributed by atoms with Gasteiger partial charge < -0.3 is 9.84 Å². The molecule has 0 saturated carbocycles. The van der Waals surface area contributed by atoms with E-state index in [4.69, 9.17) is 9.84 Å². The van der Waals surface area contributed by atoms with E-state index in [1.807, 2.05) is 0 Å². The molecule has 0 spiro atoms. The Kier molecular flexibility index (Phi) is 8.95. The molecule has 0 bridgehead atoms. The normalized spacial score (nSPS) is 13.2. The first-order valence-corrected chi connectivity index (χ1v) is 5.03. The zero-order chi connectivity index (χ0) is 9.23. The van der Waals surface area contributed by atoms with Gasteiger partial charge in [-0.15, -0.1) is 0 Å². The molecule has 2 heteroatoms. The van der Waals surface area contributed by atoms with Crippen LogP contribution in [0.3, 0.4) is 0 Å². The van der Waals surface area contributed by atoms with Crippen molar-refractivity contribution in [1.82, 2.24) is 0 Å². The number of hydrogen-bond donors (Lipinski definition) is 1. The van der Waals surface area contributed by atoms with Crippen molar-refractivity contribution in [2.75, 3.05) is 13.2 Å². The molecule has 0 aliphatic carbocycles. The van der Waals surface area contributed by atoms with E-state index >= 15 is 0 Å². The molecule has 0 heterocycles. The average molecular weight is 174 g/mol. The molecule has 1 N–H and O–H groups in total. The van der Waals surface area contributed by atoms with E-state index in [9.17, 15) is 0 Å². The third-order valence-corrected chi connectivity index (χ3v) is 1.92. The van der Waals surface area contributed by atoms with Crippen molar-refractivity contribution in [1.29, 1.82) is 0 Å². The van der Waals surface area contributed by atoms with E-state index in [0.717, 1.165) is 12.8 Å². The number of rotatable bonds is 8. The summed E-state index contributed by atoms with van der Waals surface area (Å²) in [5.74, 6) is 0. The molecular weight excluding hydrogens is 152 g/mol. The number of aliphatic hydroxyl groups is 1. The first-order chi connectivity index (χ1) is 5.81. The van der Waals surface area contributed by atoms with Gasteiger partial charge in [0.2, 0.25) is 0 Å². The van der Waals surface area contributed by atoms with Crippen molar-refractivity contribution in [2.24, 2.45) is 0 Å². The van der Waals surface area contributed by atoms with Crippen LogP contribution in [-0.4, -0.2) is 24.4 Å². The first-order valence-electron chi connectivity index (χ1n) is 5.03. The number of hydrogen-bond acceptors (Lipinski definition) is 2. The lowest BCUT2D eigenvalue weighted by Gasteiger charge is -2.11. The lowest BCUT2D eigenvalue weighted by molar-refractivity contribution is 0.0491. The van der Waals surface area contributed by atoms with Crippen LogP contribution < -0.4 is 0 Å². The van der Waals surface area contributed by atoms with Crippen molar-refractivity contribution < 1.29 is 9.84 Å². The summed E-state index contributed by atoms with van der Waals surface area (Å²) < 4.78 is 5.47. The molecule has 0 amide bonds. The van der Waals surface area contributed by atoms with E-state index < -0.39 is 0 Å². The molecule has 0 fully saturated rings. The van der Waals surface area contributed by atoms with Gasteiger partial charge in [-0.2, -0.15) is 0 Å². The van der Waals surface area contributed by atoms with E-state index in [2.05, 4.69) is 13.8 Å². The van der Waals surface area contributed by atoms with Gasteiger partial charge in [0.1, 0.15) is 0 Å². The monoisotopic (exact) mass is 174 g/mol. The molecule has 1 atom stereocenters. The van der Waals surface area contributed by atoms with Crippen LogP contribution in [0.1, 0.15) is 46.0 Å². The fourth-order valence-corrected chi connectivity index (χ4v) is 1.11. The predicted octanol–water partition coefficient (Wildman–Crippen LogP) is 2.35. The summed E-state index contributed by atoms with van der Waals surface area (Å²) in [5, 5.41) is 8.51. The standard InChI is InChI=1S/C10H22O2/c1-3-4-5-7-10(2)12-9-6-8-11/h10-11H,3-9H2,1-2H3. The van der Waals surface area contributed by atoms with Crippen LogP contribution in [0.15, 0.2) is 0 Å². The number of unbranched alkanes of at least 4 members (excludes halogenated alkanes) is 2. The predicted molar refractivity (Wildman–Crippen MR) is 51.3 cm³/mol. The van der Waals surface area contributed by atoms with Gasteiger partial charge in [-0.25, -0.2) is 0 Å². The zero-order valence-electron chi connectivity index (χ0n) is 8.38. The third kappa shape index (κ3) is 8.02. The summed E-state index contributed by atoms with van der Waals surface area (Å²) >= 11 is 0. The third-order valence-electron chi connectivity index (χ3n) is 1.92. The first kappa shape index (κ1) is 11.9. The van der Waals surface area contributed by atoms with Crippen molar-refractivity contribution in [3.05, 3.63) is 0 Å². The summed E-state index contributed by atoms with van der Waals surface area (Å²) in [6, 6.07) is 0. The Morgan fingerprint density at radius 1 is 1.25 bits per heavy atom. The van der Waals surface area contributed by atoms with Crippen LogP contribution in [0.25, 0.3) is 0 Å². The van der Waals surface area contributed by atoms with Gasteiger partial charge >= 0.3 is 0 Å². The molecule has 0 aliphatic rings. The molecule has 0 saturated heterocycles. The van der Waals surface area contributed by atoms with Crippen LogP contribution in [0.2, 0.25) is 0 Å². The molecule has 1 unspecified atom stereocenters. The Morgan fingerprint density at radius 2 is 2.00 bits per heavy atom. The van der Waals surface area contributed by atoms with Gasteiger partial charge in [0, 0.05) is 13.2 Å². The van der Waals surface area contributed by atoms with Crippen LogP contribution in [0.5, 0.6) is 0 Å².